The molecule has 3 rings (SSSR count). The van der Waals surface area contributed by atoms with Crippen molar-refractivity contribution in [2.45, 2.75) is 51.6 Å². The van der Waals surface area contributed by atoms with Crippen molar-refractivity contribution in [1.29, 1.82) is 0 Å². The van der Waals surface area contributed by atoms with Crippen LogP contribution in [0.15, 0.2) is 60.2 Å². The molecule has 0 radical (unpaired) electrons. The molecule has 0 heterocycles. The number of carbonyl (C=O) groups is 1. The molecule has 1 fully saturated rings. The maximum Gasteiger partial charge on any atom is 0.222 e. The van der Waals surface area contributed by atoms with Gasteiger partial charge in [-0.25, -0.2) is 0 Å². The molecular weight excluding hydrogens is 358 g/mol. The first-order valence-electron chi connectivity index (χ1n) is 10.9. The van der Waals surface area contributed by atoms with Gasteiger partial charge in [-0.05, 0) is 56.4 Å². The van der Waals surface area contributed by atoms with Crippen LogP contribution in [0.4, 0.5) is 0 Å². The van der Waals surface area contributed by atoms with Crippen molar-refractivity contribution in [3.63, 3.8) is 0 Å². The van der Waals surface area contributed by atoms with E-state index in [9.17, 15) is 9.90 Å². The zero-order valence-corrected chi connectivity index (χ0v) is 18.1. The van der Waals surface area contributed by atoms with Crippen LogP contribution in [0.25, 0.3) is 0 Å². The van der Waals surface area contributed by atoms with Gasteiger partial charge in [-0.1, -0.05) is 65.8 Å². The molecule has 4 atom stereocenters. The zero-order valence-electron chi connectivity index (χ0n) is 18.1. The number of aryl methyl sites for hydroxylation is 2. The number of nitrogens with zero attached hydrogens (tertiary/aromatic N) is 1. The number of hydrogen-bond acceptors (Lipinski definition) is 2. The molecule has 1 N–H and O–H groups in total. The van der Waals surface area contributed by atoms with E-state index in [-0.39, 0.29) is 17.9 Å². The van der Waals surface area contributed by atoms with Gasteiger partial charge in [0.2, 0.25) is 5.91 Å². The number of rotatable bonds is 8. The van der Waals surface area contributed by atoms with Crippen LogP contribution in [0.5, 0.6) is 0 Å². The molecule has 1 amide bonds. The van der Waals surface area contributed by atoms with Crippen LogP contribution in [0.1, 0.15) is 43.2 Å². The van der Waals surface area contributed by atoms with E-state index in [0.29, 0.717) is 18.3 Å². The predicted octanol–water partition coefficient (Wildman–Crippen LogP) is 4.85. The molecule has 1 aromatic rings. The number of amides is 1. The second kappa shape index (κ2) is 10.1. The Balaban J connectivity index is 1.47. The van der Waals surface area contributed by atoms with E-state index in [0.717, 1.165) is 32.1 Å². The van der Waals surface area contributed by atoms with Crippen molar-refractivity contribution in [3.05, 3.63) is 71.3 Å². The van der Waals surface area contributed by atoms with Gasteiger partial charge >= 0.3 is 0 Å². The fourth-order valence-corrected chi connectivity index (χ4v) is 4.71. The van der Waals surface area contributed by atoms with E-state index in [4.69, 9.17) is 0 Å². The Morgan fingerprint density at radius 2 is 2.07 bits per heavy atom. The Kier molecular flexibility index (Phi) is 7.49. The lowest BCUT2D eigenvalue weighted by molar-refractivity contribution is -0.128. The number of aliphatic hydroxyl groups excluding tert-OH is 1. The molecule has 0 aromatic heterocycles. The Morgan fingerprint density at radius 1 is 1.24 bits per heavy atom. The topological polar surface area (TPSA) is 40.5 Å². The molecule has 0 bridgehead atoms. The summed E-state index contributed by atoms with van der Waals surface area (Å²) < 4.78 is 0. The summed E-state index contributed by atoms with van der Waals surface area (Å²) in [6.07, 6.45) is 16.3. The van der Waals surface area contributed by atoms with Crippen LogP contribution in [0.2, 0.25) is 0 Å². The van der Waals surface area contributed by atoms with E-state index in [2.05, 4.69) is 61.6 Å². The van der Waals surface area contributed by atoms with Gasteiger partial charge in [-0.2, -0.15) is 0 Å². The predicted molar refractivity (Wildman–Crippen MR) is 120 cm³/mol. The van der Waals surface area contributed by atoms with Crippen LogP contribution in [0.3, 0.4) is 0 Å². The Morgan fingerprint density at radius 3 is 2.83 bits per heavy atom. The third-order valence-electron chi connectivity index (χ3n) is 6.30. The molecule has 0 saturated heterocycles. The number of benzene rings is 1. The lowest BCUT2D eigenvalue weighted by Gasteiger charge is -2.17. The van der Waals surface area contributed by atoms with Crippen LogP contribution < -0.4 is 0 Å². The molecule has 3 heteroatoms. The highest BCUT2D eigenvalue weighted by Crippen LogP contribution is 2.47. The van der Waals surface area contributed by atoms with Crippen LogP contribution in [-0.4, -0.2) is 36.1 Å². The number of fused-ring (bicyclic) bond motifs is 1. The van der Waals surface area contributed by atoms with Gasteiger partial charge in [0.05, 0.1) is 6.10 Å². The van der Waals surface area contributed by atoms with E-state index in [1.54, 1.807) is 19.0 Å². The van der Waals surface area contributed by atoms with Crippen molar-refractivity contribution in [2.75, 3.05) is 14.1 Å². The van der Waals surface area contributed by atoms with Gasteiger partial charge in [0.15, 0.2) is 0 Å². The van der Waals surface area contributed by atoms with Crippen molar-refractivity contribution >= 4 is 5.91 Å². The molecule has 2 aliphatic rings. The standard InChI is InChI=1S/C26H35NO2/c1-19-9-8-12-20(15-19)10-4-6-13-23-24-17-21(16-22(24)18-25(23)28)11-5-7-14-26(29)27(2)3/h5-6,8-9,11-13,15-16,22-25,28H,4,7,10,14,17-18H2,1-3H3/b11-5-,13-6+/t22-,23+,24-,25+/m0/s1. The highest BCUT2D eigenvalue weighted by Gasteiger charge is 2.42. The van der Waals surface area contributed by atoms with E-state index in [1.165, 1.54) is 16.7 Å². The fraction of sp³-hybridized carbons (Fsp3) is 0.500. The fourth-order valence-electron chi connectivity index (χ4n) is 4.71. The maximum atomic E-state index is 11.7. The third-order valence-corrected chi connectivity index (χ3v) is 6.30. The van der Waals surface area contributed by atoms with Gasteiger partial charge in [-0.3, -0.25) is 4.79 Å². The van der Waals surface area contributed by atoms with Crippen LogP contribution >= 0.6 is 0 Å². The summed E-state index contributed by atoms with van der Waals surface area (Å²) in [5.41, 5.74) is 4.05. The summed E-state index contributed by atoms with van der Waals surface area (Å²) in [4.78, 5) is 13.3. The SMILES string of the molecule is Cc1cccc(CC/C=C/[C@@H]2[C@H]3CC(/C=C\CCC(=O)N(C)C)=C[C@H]3C[C@H]2O)c1. The lowest BCUT2D eigenvalue weighted by Crippen LogP contribution is -2.20. The first-order valence-corrected chi connectivity index (χ1v) is 10.9. The molecule has 3 nitrogen and oxygen atoms in total. The second-order valence-electron chi connectivity index (χ2n) is 8.84. The number of aliphatic hydroxyl groups is 1. The Hall–Kier alpha value is -2.13. The van der Waals surface area contributed by atoms with E-state index in [1.807, 2.05) is 0 Å². The van der Waals surface area contributed by atoms with Gasteiger partial charge in [0.1, 0.15) is 0 Å². The third kappa shape index (κ3) is 5.93. The van der Waals surface area contributed by atoms with E-state index >= 15 is 0 Å². The van der Waals surface area contributed by atoms with Gasteiger partial charge in [-0.15, -0.1) is 0 Å². The highest BCUT2D eigenvalue weighted by molar-refractivity contribution is 5.75. The zero-order chi connectivity index (χ0) is 20.8. The normalized spacial score (nSPS) is 26.3. The number of allylic oxidation sites excluding steroid dienone is 5. The minimum atomic E-state index is -0.222. The van der Waals surface area contributed by atoms with Crippen LogP contribution in [0, 0.1) is 24.7 Å². The van der Waals surface area contributed by atoms with Crippen molar-refractivity contribution in [2.24, 2.45) is 17.8 Å². The van der Waals surface area contributed by atoms with Gasteiger partial charge in [0.25, 0.3) is 0 Å². The highest BCUT2D eigenvalue weighted by atomic mass is 16.3. The first-order chi connectivity index (χ1) is 13.9. The minimum Gasteiger partial charge on any atom is -0.392 e. The summed E-state index contributed by atoms with van der Waals surface area (Å²) >= 11 is 0. The summed E-state index contributed by atoms with van der Waals surface area (Å²) in [5, 5.41) is 10.5. The van der Waals surface area contributed by atoms with Crippen molar-refractivity contribution in [1.82, 2.24) is 4.90 Å². The second-order valence-corrected chi connectivity index (χ2v) is 8.84. The average Bonchev–Trinajstić information content (AvgIpc) is 3.19. The smallest absolute Gasteiger partial charge is 0.222 e. The molecule has 156 valence electrons. The quantitative estimate of drug-likeness (QED) is 0.641. The molecule has 0 aliphatic heterocycles. The maximum absolute atomic E-state index is 11.7. The van der Waals surface area contributed by atoms with Crippen molar-refractivity contribution in [3.8, 4) is 0 Å². The Labute approximate surface area is 175 Å². The molecule has 1 saturated carbocycles. The molecule has 0 spiro atoms. The lowest BCUT2D eigenvalue weighted by atomic mass is 9.89. The summed E-state index contributed by atoms with van der Waals surface area (Å²) in [6.45, 7) is 2.13. The summed E-state index contributed by atoms with van der Waals surface area (Å²) in [7, 11) is 3.60. The molecule has 1 aromatic carbocycles. The number of hydrogen-bond donors (Lipinski definition) is 1. The minimum absolute atomic E-state index is 0.172. The molecule has 2 aliphatic carbocycles. The summed E-state index contributed by atoms with van der Waals surface area (Å²) in [6, 6.07) is 8.69. The molecule has 29 heavy (non-hydrogen) atoms. The first kappa shape index (κ1) is 21.6. The molecular formula is C26H35NO2. The van der Waals surface area contributed by atoms with Crippen molar-refractivity contribution < 1.29 is 9.90 Å². The van der Waals surface area contributed by atoms with Gasteiger partial charge < -0.3 is 10.0 Å². The number of carbonyl (C=O) groups excluding carboxylic acids is 1. The van der Waals surface area contributed by atoms with Crippen LogP contribution in [-0.2, 0) is 11.2 Å². The Bertz CT molecular complexity index is 790. The average molecular weight is 394 g/mol. The largest absolute Gasteiger partial charge is 0.392 e. The monoisotopic (exact) mass is 393 g/mol. The van der Waals surface area contributed by atoms with Gasteiger partial charge in [0, 0.05) is 26.4 Å². The molecule has 0 unspecified atom stereocenters. The summed E-state index contributed by atoms with van der Waals surface area (Å²) in [5.74, 6) is 1.43. The van der Waals surface area contributed by atoms with E-state index < -0.39 is 0 Å².